The number of alkyl halides is 1. The van der Waals surface area contributed by atoms with Crippen LogP contribution in [0, 0.1) is 0 Å². The molecular formula is C16H22ClNS. The topological polar surface area (TPSA) is 3.24 Å². The normalized spacial score (nSPS) is 30.6. The first-order valence-corrected chi connectivity index (χ1v) is 8.74. The number of likely N-dealkylation sites (N-methyl/N-ethyl adjacent to an activating group) is 1. The highest BCUT2D eigenvalue weighted by Crippen LogP contribution is 2.40. The van der Waals surface area contributed by atoms with E-state index in [-0.39, 0.29) is 0 Å². The Hall–Kier alpha value is -0.180. The van der Waals surface area contributed by atoms with Gasteiger partial charge in [-0.25, -0.2) is 0 Å². The highest BCUT2D eigenvalue weighted by molar-refractivity contribution is 7.99. The zero-order valence-electron chi connectivity index (χ0n) is 11.5. The van der Waals surface area contributed by atoms with Gasteiger partial charge in [0.05, 0.1) is 0 Å². The first kappa shape index (κ1) is 13.8. The highest BCUT2D eigenvalue weighted by Gasteiger charge is 2.30. The summed E-state index contributed by atoms with van der Waals surface area (Å²) in [6.45, 7) is 1.15. The molecule has 1 fully saturated rings. The van der Waals surface area contributed by atoms with Crippen LogP contribution in [-0.4, -0.2) is 35.7 Å². The number of fused-ring (bicyclic) bond motifs is 1. The number of hydrogen-bond donors (Lipinski definition) is 0. The second-order valence-electron chi connectivity index (χ2n) is 5.85. The van der Waals surface area contributed by atoms with Crippen LogP contribution in [0.2, 0.25) is 0 Å². The Balaban J connectivity index is 1.66. The highest BCUT2D eigenvalue weighted by atomic mass is 35.5. The minimum atomic E-state index is 0.350. The third-order valence-corrected chi connectivity index (χ3v) is 6.28. The van der Waals surface area contributed by atoms with Crippen molar-refractivity contribution in [3.63, 3.8) is 0 Å². The summed E-state index contributed by atoms with van der Waals surface area (Å²) >= 11 is 8.52. The summed E-state index contributed by atoms with van der Waals surface area (Å²) in [6.07, 6.45) is 5.10. The van der Waals surface area contributed by atoms with Gasteiger partial charge in [-0.2, -0.15) is 0 Å². The van der Waals surface area contributed by atoms with Crippen LogP contribution >= 0.6 is 23.4 Å². The van der Waals surface area contributed by atoms with Crippen molar-refractivity contribution in [3.8, 4) is 0 Å². The zero-order valence-corrected chi connectivity index (χ0v) is 13.1. The van der Waals surface area contributed by atoms with Crippen LogP contribution < -0.4 is 0 Å². The second-order valence-corrected chi connectivity index (χ2v) is 7.48. The molecule has 0 N–H and O–H groups in total. The summed E-state index contributed by atoms with van der Waals surface area (Å²) in [5.74, 6) is 1.90. The van der Waals surface area contributed by atoms with E-state index in [9.17, 15) is 0 Å². The van der Waals surface area contributed by atoms with Crippen LogP contribution in [0.15, 0.2) is 29.2 Å². The fourth-order valence-electron chi connectivity index (χ4n) is 3.43. The van der Waals surface area contributed by atoms with Gasteiger partial charge in [0.2, 0.25) is 0 Å². The first-order valence-electron chi connectivity index (χ1n) is 7.32. The summed E-state index contributed by atoms with van der Waals surface area (Å²) in [7, 11) is 2.26. The molecule has 3 atom stereocenters. The summed E-state index contributed by atoms with van der Waals surface area (Å²) < 4.78 is 0. The minimum Gasteiger partial charge on any atom is -0.301 e. The van der Waals surface area contributed by atoms with E-state index in [4.69, 9.17) is 11.6 Å². The van der Waals surface area contributed by atoms with E-state index in [1.165, 1.54) is 36.3 Å². The summed E-state index contributed by atoms with van der Waals surface area (Å²) in [4.78, 5) is 4.00. The average Bonchev–Trinajstić information content (AvgIpc) is 2.83. The maximum Gasteiger partial charge on any atom is 0.0491 e. The molecule has 0 radical (unpaired) electrons. The third kappa shape index (κ3) is 2.96. The Kier molecular flexibility index (Phi) is 4.40. The van der Waals surface area contributed by atoms with Crippen LogP contribution in [0.1, 0.15) is 37.2 Å². The van der Waals surface area contributed by atoms with Gasteiger partial charge in [-0.3, -0.25) is 0 Å². The van der Waals surface area contributed by atoms with Gasteiger partial charge in [0.1, 0.15) is 0 Å². The predicted molar refractivity (Wildman–Crippen MR) is 84.4 cm³/mol. The molecule has 19 heavy (non-hydrogen) atoms. The molecule has 1 aliphatic carbocycles. The number of thioether (sulfide) groups is 1. The SMILES string of the molecule is CN(CC1CSc2ccccc21)C1CCCCC1Cl. The molecule has 1 aromatic carbocycles. The Morgan fingerprint density at radius 2 is 2.05 bits per heavy atom. The second kappa shape index (κ2) is 6.07. The van der Waals surface area contributed by atoms with Crippen LogP contribution in [0.25, 0.3) is 0 Å². The Morgan fingerprint density at radius 3 is 2.89 bits per heavy atom. The lowest BCUT2D eigenvalue weighted by Crippen LogP contribution is -2.42. The Bertz CT molecular complexity index is 437. The smallest absolute Gasteiger partial charge is 0.0491 e. The molecule has 2 aliphatic rings. The maximum atomic E-state index is 6.52. The van der Waals surface area contributed by atoms with Gasteiger partial charge >= 0.3 is 0 Å². The van der Waals surface area contributed by atoms with Gasteiger partial charge < -0.3 is 4.90 Å². The van der Waals surface area contributed by atoms with Gasteiger partial charge in [-0.1, -0.05) is 31.0 Å². The van der Waals surface area contributed by atoms with Crippen molar-refractivity contribution >= 4 is 23.4 Å². The largest absolute Gasteiger partial charge is 0.301 e. The van der Waals surface area contributed by atoms with Crippen molar-refractivity contribution in [2.75, 3.05) is 19.3 Å². The van der Waals surface area contributed by atoms with E-state index < -0.39 is 0 Å². The summed E-state index contributed by atoms with van der Waals surface area (Å²) in [5, 5.41) is 0.350. The summed E-state index contributed by atoms with van der Waals surface area (Å²) in [6, 6.07) is 9.45. The molecule has 104 valence electrons. The van der Waals surface area contributed by atoms with E-state index in [1.807, 2.05) is 11.8 Å². The Labute approximate surface area is 125 Å². The minimum absolute atomic E-state index is 0.350. The van der Waals surface area contributed by atoms with Crippen molar-refractivity contribution < 1.29 is 0 Å². The van der Waals surface area contributed by atoms with Crippen LogP contribution in [0.4, 0.5) is 0 Å². The molecule has 3 heteroatoms. The van der Waals surface area contributed by atoms with E-state index in [1.54, 1.807) is 5.56 Å². The maximum absolute atomic E-state index is 6.52. The third-order valence-electron chi connectivity index (χ3n) is 4.52. The van der Waals surface area contributed by atoms with E-state index in [2.05, 4.69) is 36.2 Å². The summed E-state index contributed by atoms with van der Waals surface area (Å²) in [5.41, 5.74) is 1.54. The molecule has 3 rings (SSSR count). The van der Waals surface area contributed by atoms with Gasteiger partial charge in [-0.05, 0) is 31.5 Å². The lowest BCUT2D eigenvalue weighted by atomic mass is 9.92. The van der Waals surface area contributed by atoms with Crippen molar-refractivity contribution in [1.82, 2.24) is 4.90 Å². The molecule has 1 nitrogen and oxygen atoms in total. The molecular weight excluding hydrogens is 274 g/mol. The number of nitrogens with zero attached hydrogens (tertiary/aromatic N) is 1. The van der Waals surface area contributed by atoms with Crippen molar-refractivity contribution in [3.05, 3.63) is 29.8 Å². The lowest BCUT2D eigenvalue weighted by molar-refractivity contribution is 0.189. The fourth-order valence-corrected chi connectivity index (χ4v) is 5.14. The van der Waals surface area contributed by atoms with Gasteiger partial charge in [0.25, 0.3) is 0 Å². The number of rotatable bonds is 3. The molecule has 0 amide bonds. The Morgan fingerprint density at radius 1 is 1.26 bits per heavy atom. The molecule has 1 saturated carbocycles. The number of hydrogen-bond acceptors (Lipinski definition) is 2. The molecule has 0 spiro atoms. The van der Waals surface area contributed by atoms with Crippen molar-refractivity contribution in [1.29, 1.82) is 0 Å². The first-order chi connectivity index (χ1) is 9.25. The molecule has 0 aromatic heterocycles. The van der Waals surface area contributed by atoms with E-state index in [0.29, 0.717) is 17.3 Å². The van der Waals surface area contributed by atoms with Crippen molar-refractivity contribution in [2.24, 2.45) is 0 Å². The predicted octanol–water partition coefficient (Wildman–Crippen LogP) is 4.36. The average molecular weight is 296 g/mol. The lowest BCUT2D eigenvalue weighted by Gasteiger charge is -2.36. The molecule has 0 bridgehead atoms. The van der Waals surface area contributed by atoms with Crippen molar-refractivity contribution in [2.45, 2.75) is 47.9 Å². The van der Waals surface area contributed by atoms with E-state index in [0.717, 1.165) is 6.54 Å². The molecule has 0 saturated heterocycles. The van der Waals surface area contributed by atoms with Crippen LogP contribution in [-0.2, 0) is 0 Å². The van der Waals surface area contributed by atoms with Gasteiger partial charge in [0.15, 0.2) is 0 Å². The molecule has 3 unspecified atom stereocenters. The molecule has 1 aromatic rings. The fraction of sp³-hybridized carbons (Fsp3) is 0.625. The van der Waals surface area contributed by atoms with Crippen LogP contribution in [0.5, 0.6) is 0 Å². The monoisotopic (exact) mass is 295 g/mol. The number of halogens is 1. The molecule has 1 aliphatic heterocycles. The van der Waals surface area contributed by atoms with E-state index >= 15 is 0 Å². The zero-order chi connectivity index (χ0) is 13.2. The quantitative estimate of drug-likeness (QED) is 0.762. The molecule has 1 heterocycles. The standard InChI is InChI=1S/C16H22ClNS/c1-18(15-8-4-3-7-14(15)17)10-12-11-19-16-9-5-2-6-13(12)16/h2,5-6,9,12,14-15H,3-4,7-8,10-11H2,1H3. The number of benzene rings is 1. The van der Waals surface area contributed by atoms with Gasteiger partial charge in [0, 0.05) is 34.5 Å². The van der Waals surface area contributed by atoms with Gasteiger partial charge in [-0.15, -0.1) is 23.4 Å². The van der Waals surface area contributed by atoms with Crippen LogP contribution in [0.3, 0.4) is 0 Å².